The van der Waals surface area contributed by atoms with Gasteiger partial charge in [0.25, 0.3) is 0 Å². The molecule has 1 rings (SSSR count). The highest BCUT2D eigenvalue weighted by Crippen LogP contribution is 2.23. The van der Waals surface area contributed by atoms with Crippen molar-refractivity contribution in [2.24, 2.45) is 0 Å². The Morgan fingerprint density at radius 2 is 1.95 bits per heavy atom. The Kier molecular flexibility index (Phi) is 5.09. The standard InChI is InChI=1S/C15H21F2NO2/c1-6-11-12(7-10(16)8-13(11)17)9(2)18-14(19)20-15(3,4)5/h7-9H,6H2,1-5H3,(H,18,19). The fraction of sp³-hybridized carbons (Fsp3) is 0.533. The van der Waals surface area contributed by atoms with Crippen LogP contribution >= 0.6 is 0 Å². The van der Waals surface area contributed by atoms with E-state index in [0.717, 1.165) is 6.07 Å². The van der Waals surface area contributed by atoms with Crippen LogP contribution in [0.2, 0.25) is 0 Å². The second kappa shape index (κ2) is 6.20. The van der Waals surface area contributed by atoms with Crippen molar-refractivity contribution in [2.75, 3.05) is 0 Å². The van der Waals surface area contributed by atoms with Crippen molar-refractivity contribution in [3.8, 4) is 0 Å². The molecule has 0 heterocycles. The van der Waals surface area contributed by atoms with E-state index < -0.39 is 29.4 Å². The predicted octanol–water partition coefficient (Wildman–Crippen LogP) is 4.11. The highest BCUT2D eigenvalue weighted by Gasteiger charge is 2.21. The Hall–Kier alpha value is -1.65. The van der Waals surface area contributed by atoms with Gasteiger partial charge in [-0.3, -0.25) is 0 Å². The summed E-state index contributed by atoms with van der Waals surface area (Å²) in [6.07, 6.45) is -0.196. The van der Waals surface area contributed by atoms with E-state index >= 15 is 0 Å². The Labute approximate surface area is 118 Å². The van der Waals surface area contributed by atoms with Crippen molar-refractivity contribution in [2.45, 2.75) is 52.7 Å². The Morgan fingerprint density at radius 1 is 1.35 bits per heavy atom. The molecule has 0 radical (unpaired) electrons. The molecule has 112 valence electrons. The molecule has 0 spiro atoms. The molecular weight excluding hydrogens is 264 g/mol. The molecule has 1 atom stereocenters. The van der Waals surface area contributed by atoms with E-state index in [-0.39, 0.29) is 0 Å². The second-order valence-electron chi connectivity index (χ2n) is 5.68. The van der Waals surface area contributed by atoms with E-state index in [9.17, 15) is 13.6 Å². The van der Waals surface area contributed by atoms with Crippen LogP contribution in [0.4, 0.5) is 13.6 Å². The first-order valence-corrected chi connectivity index (χ1v) is 6.61. The van der Waals surface area contributed by atoms with Gasteiger partial charge in [-0.05, 0) is 51.3 Å². The van der Waals surface area contributed by atoms with Crippen molar-refractivity contribution in [3.05, 3.63) is 34.9 Å². The third kappa shape index (κ3) is 4.47. The normalized spacial score (nSPS) is 12.9. The van der Waals surface area contributed by atoms with Gasteiger partial charge in [0, 0.05) is 6.07 Å². The minimum Gasteiger partial charge on any atom is -0.444 e. The third-order valence-electron chi connectivity index (χ3n) is 2.75. The van der Waals surface area contributed by atoms with Crippen LogP contribution in [0, 0.1) is 11.6 Å². The summed E-state index contributed by atoms with van der Waals surface area (Å²) in [6.45, 7) is 8.68. The van der Waals surface area contributed by atoms with Crippen molar-refractivity contribution >= 4 is 6.09 Å². The van der Waals surface area contributed by atoms with Crippen LogP contribution in [0.3, 0.4) is 0 Å². The number of amides is 1. The van der Waals surface area contributed by atoms with Crippen LogP contribution in [0.1, 0.15) is 51.8 Å². The van der Waals surface area contributed by atoms with Gasteiger partial charge in [0.1, 0.15) is 17.2 Å². The topological polar surface area (TPSA) is 38.3 Å². The maximum atomic E-state index is 13.7. The SMILES string of the molecule is CCc1c(F)cc(F)cc1C(C)NC(=O)OC(C)(C)C. The highest BCUT2D eigenvalue weighted by molar-refractivity contribution is 5.68. The van der Waals surface area contributed by atoms with Gasteiger partial charge in [0.2, 0.25) is 0 Å². The maximum absolute atomic E-state index is 13.7. The zero-order valence-corrected chi connectivity index (χ0v) is 12.5. The zero-order chi connectivity index (χ0) is 15.5. The van der Waals surface area contributed by atoms with Gasteiger partial charge in [-0.15, -0.1) is 0 Å². The van der Waals surface area contributed by atoms with Gasteiger partial charge in [-0.2, -0.15) is 0 Å². The largest absolute Gasteiger partial charge is 0.444 e. The summed E-state index contributed by atoms with van der Waals surface area (Å²) in [5.41, 5.74) is 0.204. The van der Waals surface area contributed by atoms with E-state index in [1.165, 1.54) is 6.07 Å². The fourth-order valence-electron chi connectivity index (χ4n) is 1.94. The first-order valence-electron chi connectivity index (χ1n) is 6.61. The summed E-state index contributed by atoms with van der Waals surface area (Å²) in [7, 11) is 0. The smallest absolute Gasteiger partial charge is 0.408 e. The Morgan fingerprint density at radius 3 is 2.45 bits per heavy atom. The fourth-order valence-corrected chi connectivity index (χ4v) is 1.94. The molecule has 0 bridgehead atoms. The van der Waals surface area contributed by atoms with E-state index in [2.05, 4.69) is 5.32 Å². The number of hydrogen-bond acceptors (Lipinski definition) is 2. The summed E-state index contributed by atoms with van der Waals surface area (Å²) >= 11 is 0. The van der Waals surface area contributed by atoms with Gasteiger partial charge in [-0.25, -0.2) is 13.6 Å². The summed E-state index contributed by atoms with van der Waals surface area (Å²) in [5, 5.41) is 2.59. The van der Waals surface area contributed by atoms with Crippen molar-refractivity contribution in [1.29, 1.82) is 0 Å². The van der Waals surface area contributed by atoms with Gasteiger partial charge in [0.15, 0.2) is 0 Å². The number of benzene rings is 1. The zero-order valence-electron chi connectivity index (χ0n) is 12.5. The van der Waals surface area contributed by atoms with Crippen LogP contribution in [0.5, 0.6) is 0 Å². The van der Waals surface area contributed by atoms with Crippen LogP contribution in [0.15, 0.2) is 12.1 Å². The van der Waals surface area contributed by atoms with Gasteiger partial charge >= 0.3 is 6.09 Å². The number of hydrogen-bond donors (Lipinski definition) is 1. The van der Waals surface area contributed by atoms with Crippen molar-refractivity contribution < 1.29 is 18.3 Å². The minimum atomic E-state index is -0.660. The molecule has 20 heavy (non-hydrogen) atoms. The molecule has 0 saturated carbocycles. The molecule has 1 N–H and O–H groups in total. The summed E-state index contributed by atoms with van der Waals surface area (Å²) < 4.78 is 32.2. The molecule has 5 heteroatoms. The molecule has 0 aliphatic carbocycles. The lowest BCUT2D eigenvalue weighted by Crippen LogP contribution is -2.34. The monoisotopic (exact) mass is 285 g/mol. The highest BCUT2D eigenvalue weighted by atomic mass is 19.1. The number of alkyl carbamates (subject to hydrolysis) is 1. The van der Waals surface area contributed by atoms with Gasteiger partial charge < -0.3 is 10.1 Å². The number of ether oxygens (including phenoxy) is 1. The molecular formula is C15H21F2NO2. The number of halogens is 2. The second-order valence-corrected chi connectivity index (χ2v) is 5.68. The number of rotatable bonds is 3. The van der Waals surface area contributed by atoms with Crippen LogP contribution in [0.25, 0.3) is 0 Å². The molecule has 1 aromatic carbocycles. The first kappa shape index (κ1) is 16.4. The first-order chi connectivity index (χ1) is 9.14. The van der Waals surface area contributed by atoms with Gasteiger partial charge in [0.05, 0.1) is 6.04 Å². The minimum absolute atomic E-state index is 0.398. The molecule has 1 unspecified atom stereocenters. The quantitative estimate of drug-likeness (QED) is 0.907. The molecule has 0 saturated heterocycles. The van der Waals surface area contributed by atoms with Crippen LogP contribution < -0.4 is 5.32 Å². The predicted molar refractivity (Wildman–Crippen MR) is 73.5 cm³/mol. The molecule has 0 aliphatic heterocycles. The Bertz CT molecular complexity index is 495. The van der Waals surface area contributed by atoms with Crippen molar-refractivity contribution in [1.82, 2.24) is 5.32 Å². The van der Waals surface area contributed by atoms with E-state index in [1.54, 1.807) is 34.6 Å². The van der Waals surface area contributed by atoms with Crippen LogP contribution in [-0.4, -0.2) is 11.7 Å². The lowest BCUT2D eigenvalue weighted by atomic mass is 9.99. The number of carbonyl (C=O) groups excluding carboxylic acids is 1. The van der Waals surface area contributed by atoms with E-state index in [0.29, 0.717) is 17.5 Å². The molecule has 1 aromatic rings. The molecule has 0 aromatic heterocycles. The average Bonchev–Trinajstić information content (AvgIpc) is 2.24. The molecule has 0 aliphatic rings. The summed E-state index contributed by atoms with van der Waals surface area (Å²) in [4.78, 5) is 11.7. The maximum Gasteiger partial charge on any atom is 0.408 e. The lowest BCUT2D eigenvalue weighted by Gasteiger charge is -2.23. The van der Waals surface area contributed by atoms with Crippen LogP contribution in [-0.2, 0) is 11.2 Å². The number of carbonyl (C=O) groups is 1. The molecule has 0 fully saturated rings. The number of nitrogens with one attached hydrogen (secondary N) is 1. The summed E-state index contributed by atoms with van der Waals surface area (Å²) in [6, 6.07) is 1.55. The third-order valence-corrected chi connectivity index (χ3v) is 2.75. The average molecular weight is 285 g/mol. The molecule has 1 amide bonds. The lowest BCUT2D eigenvalue weighted by molar-refractivity contribution is 0.0507. The molecule has 3 nitrogen and oxygen atoms in total. The summed E-state index contributed by atoms with van der Waals surface area (Å²) in [5.74, 6) is -1.26. The van der Waals surface area contributed by atoms with E-state index in [4.69, 9.17) is 4.74 Å². The van der Waals surface area contributed by atoms with Gasteiger partial charge in [-0.1, -0.05) is 6.92 Å². The Balaban J connectivity index is 2.92. The van der Waals surface area contributed by atoms with Crippen molar-refractivity contribution in [3.63, 3.8) is 0 Å². The van der Waals surface area contributed by atoms with E-state index in [1.807, 2.05) is 0 Å².